The summed E-state index contributed by atoms with van der Waals surface area (Å²) < 4.78 is 7.24. The minimum Gasteiger partial charge on any atom is -0.481 e. The van der Waals surface area contributed by atoms with Crippen molar-refractivity contribution in [2.45, 2.75) is 31.6 Å². The number of rotatable bonds is 4. The lowest BCUT2D eigenvalue weighted by atomic mass is 9.99. The second-order valence-corrected chi connectivity index (χ2v) is 4.31. The van der Waals surface area contributed by atoms with Gasteiger partial charge in [-0.25, -0.2) is 0 Å². The standard InChI is InChI=1S/C11H17N3O3/c1-14-9(2-3-10(15)16)12-13-11(14)8-4-6-17-7-5-8/h8H,2-7H2,1H3,(H,15,16). The lowest BCUT2D eigenvalue weighted by Crippen LogP contribution is -2.17. The van der Waals surface area contributed by atoms with E-state index in [-0.39, 0.29) is 6.42 Å². The number of carboxylic acid groups (broad SMARTS) is 1. The van der Waals surface area contributed by atoms with E-state index in [9.17, 15) is 4.79 Å². The van der Waals surface area contributed by atoms with Crippen LogP contribution < -0.4 is 0 Å². The molecule has 1 aliphatic heterocycles. The maximum atomic E-state index is 10.5. The van der Waals surface area contributed by atoms with Gasteiger partial charge >= 0.3 is 5.97 Å². The molecule has 2 heterocycles. The van der Waals surface area contributed by atoms with E-state index in [1.807, 2.05) is 11.6 Å². The Kier molecular flexibility index (Phi) is 3.73. The summed E-state index contributed by atoms with van der Waals surface area (Å²) in [5.41, 5.74) is 0. The topological polar surface area (TPSA) is 77.2 Å². The fourth-order valence-electron chi connectivity index (χ4n) is 2.12. The Bertz CT molecular complexity index is 397. The smallest absolute Gasteiger partial charge is 0.303 e. The van der Waals surface area contributed by atoms with Gasteiger partial charge in [0.25, 0.3) is 0 Å². The van der Waals surface area contributed by atoms with Crippen molar-refractivity contribution in [3.05, 3.63) is 11.6 Å². The van der Waals surface area contributed by atoms with Gasteiger partial charge in [0, 0.05) is 32.6 Å². The first-order chi connectivity index (χ1) is 8.18. The molecule has 1 saturated heterocycles. The predicted octanol–water partition coefficient (Wildman–Crippen LogP) is 0.726. The first kappa shape index (κ1) is 12.0. The molecular formula is C11H17N3O3. The third kappa shape index (κ3) is 2.82. The van der Waals surface area contributed by atoms with Crippen molar-refractivity contribution >= 4 is 5.97 Å². The van der Waals surface area contributed by atoms with Crippen molar-refractivity contribution in [3.63, 3.8) is 0 Å². The highest BCUT2D eigenvalue weighted by molar-refractivity contribution is 5.66. The molecule has 0 unspecified atom stereocenters. The number of aromatic nitrogens is 3. The molecular weight excluding hydrogens is 222 g/mol. The van der Waals surface area contributed by atoms with E-state index >= 15 is 0 Å². The van der Waals surface area contributed by atoms with Crippen LogP contribution in [-0.4, -0.2) is 39.1 Å². The number of carbonyl (C=O) groups is 1. The molecule has 0 bridgehead atoms. The second-order valence-electron chi connectivity index (χ2n) is 4.31. The normalized spacial score (nSPS) is 17.2. The fraction of sp³-hybridized carbons (Fsp3) is 0.727. The highest BCUT2D eigenvalue weighted by Crippen LogP contribution is 2.25. The summed E-state index contributed by atoms with van der Waals surface area (Å²) >= 11 is 0. The van der Waals surface area contributed by atoms with Crippen LogP contribution in [0.1, 0.15) is 36.8 Å². The van der Waals surface area contributed by atoms with E-state index in [1.165, 1.54) is 0 Å². The third-order valence-electron chi connectivity index (χ3n) is 3.15. The number of ether oxygens (including phenoxy) is 1. The molecule has 0 saturated carbocycles. The molecule has 94 valence electrons. The van der Waals surface area contributed by atoms with Crippen LogP contribution in [0.4, 0.5) is 0 Å². The molecule has 6 nitrogen and oxygen atoms in total. The summed E-state index contributed by atoms with van der Waals surface area (Å²) in [4.78, 5) is 10.5. The summed E-state index contributed by atoms with van der Waals surface area (Å²) in [6.07, 6.45) is 2.46. The van der Waals surface area contributed by atoms with Gasteiger partial charge in [0.05, 0.1) is 6.42 Å². The summed E-state index contributed by atoms with van der Waals surface area (Å²) in [6.45, 7) is 1.53. The van der Waals surface area contributed by atoms with Crippen LogP contribution in [-0.2, 0) is 23.0 Å². The van der Waals surface area contributed by atoms with Gasteiger partial charge in [0.1, 0.15) is 11.6 Å². The van der Waals surface area contributed by atoms with Gasteiger partial charge < -0.3 is 14.4 Å². The van der Waals surface area contributed by atoms with Gasteiger partial charge in [-0.15, -0.1) is 10.2 Å². The number of carboxylic acids is 1. The first-order valence-corrected chi connectivity index (χ1v) is 5.86. The molecule has 1 fully saturated rings. The van der Waals surface area contributed by atoms with Crippen molar-refractivity contribution in [1.29, 1.82) is 0 Å². The van der Waals surface area contributed by atoms with Gasteiger partial charge in [0.15, 0.2) is 0 Å². The van der Waals surface area contributed by atoms with Gasteiger partial charge in [-0.05, 0) is 12.8 Å². The Morgan fingerprint density at radius 2 is 2.18 bits per heavy atom. The summed E-state index contributed by atoms with van der Waals surface area (Å²) in [5.74, 6) is 1.28. The Labute approximate surface area is 99.6 Å². The zero-order chi connectivity index (χ0) is 12.3. The molecule has 2 rings (SSSR count). The SMILES string of the molecule is Cn1c(CCC(=O)O)nnc1C1CCOCC1. The zero-order valence-corrected chi connectivity index (χ0v) is 9.93. The summed E-state index contributed by atoms with van der Waals surface area (Å²) in [6, 6.07) is 0. The molecule has 1 aromatic heterocycles. The Balaban J connectivity index is 2.05. The molecule has 0 aromatic carbocycles. The van der Waals surface area contributed by atoms with E-state index < -0.39 is 5.97 Å². The molecule has 17 heavy (non-hydrogen) atoms. The Hall–Kier alpha value is -1.43. The van der Waals surface area contributed by atoms with E-state index in [0.717, 1.165) is 37.7 Å². The third-order valence-corrected chi connectivity index (χ3v) is 3.15. The van der Waals surface area contributed by atoms with E-state index in [1.54, 1.807) is 0 Å². The van der Waals surface area contributed by atoms with Gasteiger partial charge in [-0.1, -0.05) is 0 Å². The van der Waals surface area contributed by atoms with Gasteiger partial charge in [0.2, 0.25) is 0 Å². The average Bonchev–Trinajstić information content (AvgIpc) is 2.69. The maximum absolute atomic E-state index is 10.5. The highest BCUT2D eigenvalue weighted by Gasteiger charge is 2.22. The highest BCUT2D eigenvalue weighted by atomic mass is 16.5. The fourth-order valence-corrected chi connectivity index (χ4v) is 2.12. The monoisotopic (exact) mass is 239 g/mol. The minimum absolute atomic E-state index is 0.0970. The molecule has 0 amide bonds. The number of hydrogen-bond donors (Lipinski definition) is 1. The molecule has 6 heteroatoms. The van der Waals surface area contributed by atoms with Crippen molar-refractivity contribution in [3.8, 4) is 0 Å². The lowest BCUT2D eigenvalue weighted by Gasteiger charge is -2.21. The van der Waals surface area contributed by atoms with E-state index in [2.05, 4.69) is 10.2 Å². The van der Waals surface area contributed by atoms with Gasteiger partial charge in [-0.2, -0.15) is 0 Å². The molecule has 0 atom stereocenters. The van der Waals surface area contributed by atoms with Crippen LogP contribution in [0.15, 0.2) is 0 Å². The lowest BCUT2D eigenvalue weighted by molar-refractivity contribution is -0.137. The summed E-state index contributed by atoms with van der Waals surface area (Å²) in [5, 5.41) is 16.9. The number of hydrogen-bond acceptors (Lipinski definition) is 4. The second kappa shape index (κ2) is 5.27. The number of aliphatic carboxylic acids is 1. The average molecular weight is 239 g/mol. The van der Waals surface area contributed by atoms with Crippen molar-refractivity contribution < 1.29 is 14.6 Å². The Morgan fingerprint density at radius 3 is 2.82 bits per heavy atom. The van der Waals surface area contributed by atoms with E-state index in [0.29, 0.717) is 12.3 Å². The van der Waals surface area contributed by atoms with Crippen LogP contribution in [0.3, 0.4) is 0 Å². The molecule has 1 aliphatic rings. The van der Waals surface area contributed by atoms with Crippen molar-refractivity contribution in [2.75, 3.05) is 13.2 Å². The molecule has 1 N–H and O–H groups in total. The number of aryl methyl sites for hydroxylation is 1. The van der Waals surface area contributed by atoms with Crippen LogP contribution >= 0.6 is 0 Å². The predicted molar refractivity (Wildman–Crippen MR) is 59.8 cm³/mol. The van der Waals surface area contributed by atoms with E-state index in [4.69, 9.17) is 9.84 Å². The van der Waals surface area contributed by atoms with Gasteiger partial charge in [-0.3, -0.25) is 4.79 Å². The molecule has 0 radical (unpaired) electrons. The molecule has 1 aromatic rings. The summed E-state index contributed by atoms with van der Waals surface area (Å²) in [7, 11) is 1.90. The zero-order valence-electron chi connectivity index (χ0n) is 9.93. The van der Waals surface area contributed by atoms with Crippen LogP contribution in [0.25, 0.3) is 0 Å². The maximum Gasteiger partial charge on any atom is 0.303 e. The largest absolute Gasteiger partial charge is 0.481 e. The number of nitrogens with zero attached hydrogens (tertiary/aromatic N) is 3. The Morgan fingerprint density at radius 1 is 1.47 bits per heavy atom. The quantitative estimate of drug-likeness (QED) is 0.838. The minimum atomic E-state index is -0.805. The van der Waals surface area contributed by atoms with Crippen molar-refractivity contribution in [2.24, 2.45) is 7.05 Å². The van der Waals surface area contributed by atoms with Crippen LogP contribution in [0.2, 0.25) is 0 Å². The van der Waals surface area contributed by atoms with Crippen LogP contribution in [0.5, 0.6) is 0 Å². The molecule has 0 spiro atoms. The molecule has 0 aliphatic carbocycles. The van der Waals surface area contributed by atoms with Crippen LogP contribution in [0, 0.1) is 0 Å². The first-order valence-electron chi connectivity index (χ1n) is 5.86. The van der Waals surface area contributed by atoms with Crippen molar-refractivity contribution in [1.82, 2.24) is 14.8 Å².